The highest BCUT2D eigenvalue weighted by Gasteiger charge is 2.07. The number of primary amides is 1. The van der Waals surface area contributed by atoms with Crippen molar-refractivity contribution in [2.45, 2.75) is 0 Å². The molecule has 0 aliphatic rings. The molecule has 1 rings (SSSR count). The summed E-state index contributed by atoms with van der Waals surface area (Å²) in [5.41, 5.74) is 4.05. The number of hydrogen-bond acceptors (Lipinski definition) is 4. The minimum Gasteiger partial charge on any atom is -0.411 e. The van der Waals surface area contributed by atoms with Crippen LogP contribution in [0.5, 0.6) is 0 Å². The molecule has 0 aliphatic carbocycles. The summed E-state index contributed by atoms with van der Waals surface area (Å²) in [6.07, 6.45) is 1.05. The third kappa shape index (κ3) is 1.07. The fourth-order valence-corrected chi connectivity index (χ4v) is 0.567. The van der Waals surface area contributed by atoms with Crippen molar-refractivity contribution >= 4 is 6.03 Å². The van der Waals surface area contributed by atoms with Crippen LogP contribution in [0.15, 0.2) is 11.1 Å². The van der Waals surface area contributed by atoms with Gasteiger partial charge in [0.2, 0.25) is 0 Å². The van der Waals surface area contributed by atoms with Crippen LogP contribution in [0, 0.1) is 0 Å². The van der Waals surface area contributed by atoms with E-state index in [-0.39, 0.29) is 0 Å². The Bertz CT molecular complexity index is 324. The van der Waals surface area contributed by atoms with Crippen molar-refractivity contribution in [3.8, 4) is 0 Å². The Hall–Kier alpha value is -1.79. The molecule has 0 fully saturated rings. The number of aromatic nitrogens is 3. The van der Waals surface area contributed by atoms with Crippen LogP contribution < -0.4 is 16.3 Å². The monoisotopic (exact) mass is 158 g/mol. The Morgan fingerprint density at radius 2 is 2.45 bits per heavy atom. The maximum absolute atomic E-state index is 10.9. The molecule has 0 aromatic carbocycles. The van der Waals surface area contributed by atoms with Crippen LogP contribution in [0.2, 0.25) is 0 Å². The highest BCUT2D eigenvalue weighted by molar-refractivity contribution is 5.72. The number of carbonyl (C=O) groups excluding carboxylic acids is 1. The van der Waals surface area contributed by atoms with Crippen LogP contribution in [0.3, 0.4) is 0 Å². The van der Waals surface area contributed by atoms with E-state index in [1.54, 1.807) is 0 Å². The smallest absolute Gasteiger partial charge is 0.387 e. The second-order valence-corrected chi connectivity index (χ2v) is 1.67. The Balaban J connectivity index is 3.22. The summed E-state index contributed by atoms with van der Waals surface area (Å²) in [6, 6.07) is -0.939. The molecule has 0 saturated carbocycles. The van der Waals surface area contributed by atoms with Crippen molar-refractivity contribution < 1.29 is 9.63 Å². The minimum absolute atomic E-state index is 0.490. The van der Waals surface area contributed by atoms with Crippen LogP contribution in [0.4, 0.5) is 4.79 Å². The van der Waals surface area contributed by atoms with Gasteiger partial charge in [0.1, 0.15) is 7.11 Å². The van der Waals surface area contributed by atoms with E-state index >= 15 is 0 Å². The van der Waals surface area contributed by atoms with Gasteiger partial charge in [0.05, 0.1) is 0 Å². The molecule has 0 saturated heterocycles. The lowest BCUT2D eigenvalue weighted by Gasteiger charge is -1.92. The number of amides is 1. The highest BCUT2D eigenvalue weighted by Crippen LogP contribution is 1.71. The molecule has 1 heterocycles. The average molecular weight is 158 g/mol. The molecule has 1 amide bonds. The molecule has 7 nitrogen and oxygen atoms in total. The van der Waals surface area contributed by atoms with Crippen LogP contribution in [0.1, 0.15) is 0 Å². The summed E-state index contributed by atoms with van der Waals surface area (Å²) >= 11 is 0. The van der Waals surface area contributed by atoms with E-state index in [1.165, 1.54) is 7.11 Å². The van der Waals surface area contributed by atoms with Crippen molar-refractivity contribution in [3.05, 3.63) is 16.8 Å². The average Bonchev–Trinajstić information content (AvgIpc) is 2.30. The number of nitrogens with two attached hydrogens (primary N) is 1. The first-order valence-electron chi connectivity index (χ1n) is 2.67. The van der Waals surface area contributed by atoms with Gasteiger partial charge < -0.3 is 10.6 Å². The van der Waals surface area contributed by atoms with E-state index in [0.717, 1.165) is 11.1 Å². The molecule has 0 bridgehead atoms. The Kier molecular flexibility index (Phi) is 1.63. The lowest BCUT2D eigenvalue weighted by atomic mass is 11.0. The molecule has 60 valence electrons. The predicted octanol–water partition coefficient (Wildman–Crippen LogP) is -1.97. The zero-order valence-corrected chi connectivity index (χ0v) is 5.72. The molecule has 0 radical (unpaired) electrons. The van der Waals surface area contributed by atoms with Crippen LogP contribution in [-0.4, -0.2) is 27.7 Å². The van der Waals surface area contributed by atoms with E-state index in [2.05, 4.69) is 9.94 Å². The largest absolute Gasteiger partial charge is 0.411 e. The maximum atomic E-state index is 10.9. The zero-order valence-electron chi connectivity index (χ0n) is 5.72. The molecular formula is C4H6N4O3. The van der Waals surface area contributed by atoms with Gasteiger partial charge in [-0.3, -0.25) is 0 Å². The quantitative estimate of drug-likeness (QED) is 0.513. The van der Waals surface area contributed by atoms with E-state index in [0.29, 0.717) is 4.68 Å². The molecule has 1 aromatic rings. The first kappa shape index (κ1) is 7.32. The zero-order chi connectivity index (χ0) is 8.43. The summed E-state index contributed by atoms with van der Waals surface area (Å²) in [5.74, 6) is 0. The molecule has 0 spiro atoms. The minimum atomic E-state index is -0.939. The summed E-state index contributed by atoms with van der Waals surface area (Å²) < 4.78 is 1.27. The van der Waals surface area contributed by atoms with Crippen LogP contribution in [0.25, 0.3) is 0 Å². The van der Waals surface area contributed by atoms with E-state index in [9.17, 15) is 9.59 Å². The van der Waals surface area contributed by atoms with E-state index < -0.39 is 11.7 Å². The van der Waals surface area contributed by atoms with Gasteiger partial charge in [-0.15, -0.1) is 14.5 Å². The van der Waals surface area contributed by atoms with Gasteiger partial charge >= 0.3 is 11.7 Å². The first-order valence-corrected chi connectivity index (χ1v) is 2.67. The second kappa shape index (κ2) is 2.45. The van der Waals surface area contributed by atoms with Crippen LogP contribution in [-0.2, 0) is 0 Å². The third-order valence-corrected chi connectivity index (χ3v) is 1.05. The molecule has 1 aromatic heterocycles. The Labute approximate surface area is 60.9 Å². The summed E-state index contributed by atoms with van der Waals surface area (Å²) in [5, 5.41) is 3.35. The van der Waals surface area contributed by atoms with Gasteiger partial charge in [-0.25, -0.2) is 9.59 Å². The molecule has 0 unspecified atom stereocenters. The van der Waals surface area contributed by atoms with Gasteiger partial charge in [0.25, 0.3) is 0 Å². The SMILES string of the molecule is COn1cnn(C(N)=O)c1=O. The van der Waals surface area contributed by atoms with Crippen molar-refractivity contribution in [3.63, 3.8) is 0 Å². The number of hydrogen-bond donors (Lipinski definition) is 1. The topological polar surface area (TPSA) is 92.1 Å². The Morgan fingerprint density at radius 3 is 2.73 bits per heavy atom. The second-order valence-electron chi connectivity index (χ2n) is 1.67. The fraction of sp³-hybridized carbons (Fsp3) is 0.250. The fourth-order valence-electron chi connectivity index (χ4n) is 0.567. The van der Waals surface area contributed by atoms with Gasteiger partial charge in [-0.1, -0.05) is 0 Å². The normalized spacial score (nSPS) is 9.55. The molecule has 0 aliphatic heterocycles. The van der Waals surface area contributed by atoms with E-state index in [4.69, 9.17) is 5.73 Å². The number of rotatable bonds is 1. The van der Waals surface area contributed by atoms with Gasteiger partial charge in [-0.2, -0.15) is 0 Å². The maximum Gasteiger partial charge on any atom is 0.387 e. The van der Waals surface area contributed by atoms with Crippen molar-refractivity contribution in [2.24, 2.45) is 5.73 Å². The number of carbonyl (C=O) groups is 1. The first-order chi connectivity index (χ1) is 5.16. The van der Waals surface area contributed by atoms with Crippen molar-refractivity contribution in [1.29, 1.82) is 0 Å². The van der Waals surface area contributed by atoms with Crippen LogP contribution >= 0.6 is 0 Å². The lowest BCUT2D eigenvalue weighted by molar-refractivity contribution is 0.155. The third-order valence-electron chi connectivity index (χ3n) is 1.05. The van der Waals surface area contributed by atoms with E-state index in [1.807, 2.05) is 0 Å². The Morgan fingerprint density at radius 1 is 1.82 bits per heavy atom. The standard InChI is InChI=1S/C4H6N4O3/c1-11-7-2-6-8(3(5)9)4(7)10/h2H,1H3,(H2,5,9). The molecule has 11 heavy (non-hydrogen) atoms. The number of nitrogens with zero attached hydrogens (tertiary/aromatic N) is 3. The van der Waals surface area contributed by atoms with Gasteiger partial charge in [0, 0.05) is 0 Å². The molecule has 7 heteroatoms. The van der Waals surface area contributed by atoms with Crippen molar-refractivity contribution in [2.75, 3.05) is 7.11 Å². The summed E-state index contributed by atoms with van der Waals surface area (Å²) in [7, 11) is 1.27. The van der Waals surface area contributed by atoms with Crippen molar-refractivity contribution in [1.82, 2.24) is 14.5 Å². The van der Waals surface area contributed by atoms with Gasteiger partial charge in [-0.05, 0) is 0 Å². The highest BCUT2D eigenvalue weighted by atomic mass is 16.7. The molecular weight excluding hydrogens is 152 g/mol. The molecule has 2 N–H and O–H groups in total. The lowest BCUT2D eigenvalue weighted by Crippen LogP contribution is -2.35. The molecule has 0 atom stereocenters. The summed E-state index contributed by atoms with van der Waals surface area (Å²) in [4.78, 5) is 25.8. The summed E-state index contributed by atoms with van der Waals surface area (Å²) in [6.45, 7) is 0. The van der Waals surface area contributed by atoms with Gasteiger partial charge in [0.15, 0.2) is 6.33 Å². The predicted molar refractivity (Wildman–Crippen MR) is 34.0 cm³/mol.